The van der Waals surface area contributed by atoms with E-state index in [4.69, 9.17) is 16.3 Å². The fraction of sp³-hybridized carbons (Fsp3) is 0.294. The Morgan fingerprint density at radius 2 is 1.85 bits per heavy atom. The number of ether oxygens (including phenoxy) is 1. The zero-order valence-corrected chi connectivity index (χ0v) is 12.6. The van der Waals surface area contributed by atoms with E-state index in [1.807, 2.05) is 37.4 Å². The molecule has 2 rings (SSSR count). The quantitative estimate of drug-likeness (QED) is 0.870. The number of benzene rings is 2. The zero-order valence-electron chi connectivity index (χ0n) is 11.8. The Morgan fingerprint density at radius 1 is 1.10 bits per heavy atom. The molecule has 2 nitrogen and oxygen atoms in total. The van der Waals surface area contributed by atoms with Crippen molar-refractivity contribution < 1.29 is 4.74 Å². The zero-order chi connectivity index (χ0) is 14.4. The highest BCUT2D eigenvalue weighted by atomic mass is 35.5. The van der Waals surface area contributed by atoms with Crippen molar-refractivity contribution >= 4 is 11.6 Å². The van der Waals surface area contributed by atoms with Gasteiger partial charge in [-0.05, 0) is 44.2 Å². The third-order valence-electron chi connectivity index (χ3n) is 3.35. The number of hydrogen-bond acceptors (Lipinski definition) is 2. The van der Waals surface area contributed by atoms with Crippen molar-refractivity contribution in [1.82, 2.24) is 5.32 Å². The number of nitrogens with one attached hydrogen (secondary N) is 1. The molecule has 106 valence electrons. The summed E-state index contributed by atoms with van der Waals surface area (Å²) in [4.78, 5) is 0. The third-order valence-corrected chi connectivity index (χ3v) is 3.59. The van der Waals surface area contributed by atoms with E-state index in [2.05, 4.69) is 36.5 Å². The molecule has 1 N–H and O–H groups in total. The SMILES string of the molecule is CNC(Cc1ccccc1)C(C)Oc1cccc(Cl)c1. The van der Waals surface area contributed by atoms with Crippen LogP contribution in [0.4, 0.5) is 0 Å². The van der Waals surface area contributed by atoms with E-state index in [1.165, 1.54) is 5.56 Å². The first kappa shape index (κ1) is 14.9. The lowest BCUT2D eigenvalue weighted by Crippen LogP contribution is -2.41. The molecule has 2 aromatic carbocycles. The lowest BCUT2D eigenvalue weighted by molar-refractivity contribution is 0.174. The molecule has 20 heavy (non-hydrogen) atoms. The van der Waals surface area contributed by atoms with E-state index in [0.717, 1.165) is 12.2 Å². The van der Waals surface area contributed by atoms with Gasteiger partial charge in [-0.1, -0.05) is 48.0 Å². The monoisotopic (exact) mass is 289 g/mol. The molecule has 3 heteroatoms. The molecule has 0 spiro atoms. The van der Waals surface area contributed by atoms with Gasteiger partial charge in [0.2, 0.25) is 0 Å². The summed E-state index contributed by atoms with van der Waals surface area (Å²) in [5.74, 6) is 0.804. The molecule has 2 aromatic rings. The molecule has 2 unspecified atom stereocenters. The van der Waals surface area contributed by atoms with Crippen LogP contribution in [0, 0.1) is 0 Å². The number of rotatable bonds is 6. The van der Waals surface area contributed by atoms with Gasteiger partial charge in [0.05, 0.1) is 0 Å². The van der Waals surface area contributed by atoms with Crippen molar-refractivity contribution in [2.45, 2.75) is 25.5 Å². The lowest BCUT2D eigenvalue weighted by Gasteiger charge is -2.25. The standard InChI is InChI=1S/C17H20ClNO/c1-13(20-16-10-6-9-15(18)12-16)17(19-2)11-14-7-4-3-5-8-14/h3-10,12-13,17,19H,11H2,1-2H3. The van der Waals surface area contributed by atoms with E-state index in [-0.39, 0.29) is 12.1 Å². The second-order valence-corrected chi connectivity index (χ2v) is 5.30. The summed E-state index contributed by atoms with van der Waals surface area (Å²) in [6.45, 7) is 2.07. The molecule has 2 atom stereocenters. The van der Waals surface area contributed by atoms with E-state index >= 15 is 0 Å². The molecule has 0 aliphatic rings. The smallest absolute Gasteiger partial charge is 0.121 e. The first-order valence-electron chi connectivity index (χ1n) is 6.82. The Kier molecular flexibility index (Phi) is 5.45. The van der Waals surface area contributed by atoms with Gasteiger partial charge in [0.15, 0.2) is 0 Å². The summed E-state index contributed by atoms with van der Waals surface area (Å²) >= 11 is 5.98. The second-order valence-electron chi connectivity index (χ2n) is 4.87. The average molecular weight is 290 g/mol. The molecule has 0 heterocycles. The maximum Gasteiger partial charge on any atom is 0.121 e. The van der Waals surface area contributed by atoms with Gasteiger partial charge in [-0.15, -0.1) is 0 Å². The summed E-state index contributed by atoms with van der Waals surface area (Å²) in [6.07, 6.45) is 0.984. The normalized spacial score (nSPS) is 13.8. The van der Waals surface area contributed by atoms with Crippen LogP contribution in [0.15, 0.2) is 54.6 Å². The van der Waals surface area contributed by atoms with Crippen LogP contribution in [0.2, 0.25) is 5.02 Å². The fourth-order valence-corrected chi connectivity index (χ4v) is 2.39. The Hall–Kier alpha value is -1.51. The predicted octanol–water partition coefficient (Wildman–Crippen LogP) is 3.94. The molecular weight excluding hydrogens is 270 g/mol. The van der Waals surface area contributed by atoms with Gasteiger partial charge < -0.3 is 10.1 Å². The minimum Gasteiger partial charge on any atom is -0.489 e. The van der Waals surface area contributed by atoms with Gasteiger partial charge in [-0.3, -0.25) is 0 Å². The Morgan fingerprint density at radius 3 is 2.50 bits per heavy atom. The van der Waals surface area contributed by atoms with Gasteiger partial charge >= 0.3 is 0 Å². The Bertz CT molecular complexity index is 530. The topological polar surface area (TPSA) is 21.3 Å². The predicted molar refractivity (Wildman–Crippen MR) is 84.5 cm³/mol. The van der Waals surface area contributed by atoms with E-state index in [1.54, 1.807) is 0 Å². The number of hydrogen-bond donors (Lipinski definition) is 1. The van der Waals surface area contributed by atoms with Crippen LogP contribution in [0.25, 0.3) is 0 Å². The summed E-state index contributed by atoms with van der Waals surface area (Å²) in [7, 11) is 1.96. The van der Waals surface area contributed by atoms with E-state index in [9.17, 15) is 0 Å². The molecule has 0 radical (unpaired) electrons. The van der Waals surface area contributed by atoms with Crippen LogP contribution < -0.4 is 10.1 Å². The van der Waals surface area contributed by atoms with Gasteiger partial charge in [-0.2, -0.15) is 0 Å². The Labute approximate surface area is 125 Å². The number of likely N-dealkylation sites (N-methyl/N-ethyl adjacent to an activating group) is 1. The molecule has 0 bridgehead atoms. The molecule has 0 aliphatic carbocycles. The van der Waals surface area contributed by atoms with Crippen molar-refractivity contribution in [2.75, 3.05) is 7.05 Å². The van der Waals surface area contributed by atoms with Gasteiger partial charge in [0.25, 0.3) is 0 Å². The van der Waals surface area contributed by atoms with Crippen molar-refractivity contribution in [3.8, 4) is 5.75 Å². The minimum absolute atomic E-state index is 0.0543. The highest BCUT2D eigenvalue weighted by molar-refractivity contribution is 6.30. The fourth-order valence-electron chi connectivity index (χ4n) is 2.21. The van der Waals surface area contributed by atoms with Crippen molar-refractivity contribution in [3.63, 3.8) is 0 Å². The maximum absolute atomic E-state index is 5.98. The minimum atomic E-state index is 0.0543. The molecular formula is C17H20ClNO. The van der Waals surface area contributed by atoms with Crippen molar-refractivity contribution in [1.29, 1.82) is 0 Å². The number of halogens is 1. The largest absolute Gasteiger partial charge is 0.489 e. The van der Waals surface area contributed by atoms with Crippen molar-refractivity contribution in [2.24, 2.45) is 0 Å². The third kappa shape index (κ3) is 4.26. The molecule has 0 fully saturated rings. The van der Waals surface area contributed by atoms with Gasteiger partial charge in [0.1, 0.15) is 11.9 Å². The molecule has 0 amide bonds. The van der Waals surface area contributed by atoms with Crippen LogP contribution >= 0.6 is 11.6 Å². The van der Waals surface area contributed by atoms with Crippen LogP contribution in [0.1, 0.15) is 12.5 Å². The van der Waals surface area contributed by atoms with Gasteiger partial charge in [0, 0.05) is 11.1 Å². The van der Waals surface area contributed by atoms with Crippen LogP contribution in [0.5, 0.6) is 5.75 Å². The van der Waals surface area contributed by atoms with Crippen LogP contribution in [-0.4, -0.2) is 19.2 Å². The molecule has 0 aromatic heterocycles. The van der Waals surface area contributed by atoms with Crippen LogP contribution in [-0.2, 0) is 6.42 Å². The summed E-state index contributed by atoms with van der Waals surface area (Å²) in [5.41, 5.74) is 1.30. The second kappa shape index (κ2) is 7.32. The first-order chi connectivity index (χ1) is 9.69. The molecule has 0 aliphatic heterocycles. The van der Waals surface area contributed by atoms with Crippen molar-refractivity contribution in [3.05, 3.63) is 65.2 Å². The molecule has 0 saturated heterocycles. The van der Waals surface area contributed by atoms with E-state index in [0.29, 0.717) is 5.02 Å². The summed E-state index contributed by atoms with van der Waals surface area (Å²) in [5, 5.41) is 4.02. The maximum atomic E-state index is 5.98. The highest BCUT2D eigenvalue weighted by Crippen LogP contribution is 2.19. The lowest BCUT2D eigenvalue weighted by atomic mass is 10.0. The van der Waals surface area contributed by atoms with Crippen LogP contribution in [0.3, 0.4) is 0 Å². The highest BCUT2D eigenvalue weighted by Gasteiger charge is 2.17. The Balaban J connectivity index is 2.00. The summed E-state index contributed by atoms with van der Waals surface area (Å²) < 4.78 is 5.97. The summed E-state index contributed by atoms with van der Waals surface area (Å²) in [6, 6.07) is 18.2. The molecule has 0 saturated carbocycles. The average Bonchev–Trinajstić information content (AvgIpc) is 2.45. The first-order valence-corrected chi connectivity index (χ1v) is 7.20. The van der Waals surface area contributed by atoms with Gasteiger partial charge in [-0.25, -0.2) is 0 Å². The van der Waals surface area contributed by atoms with E-state index < -0.39 is 0 Å².